The van der Waals surface area contributed by atoms with E-state index in [2.05, 4.69) is 20.3 Å². The summed E-state index contributed by atoms with van der Waals surface area (Å²) in [7, 11) is -2.52. The summed E-state index contributed by atoms with van der Waals surface area (Å²) < 4.78 is 31.5. The second-order valence-electron chi connectivity index (χ2n) is 7.69. The van der Waals surface area contributed by atoms with Crippen molar-refractivity contribution in [1.29, 1.82) is 0 Å². The molecule has 1 fully saturated rings. The lowest BCUT2D eigenvalue weighted by Gasteiger charge is -2.12. The van der Waals surface area contributed by atoms with Crippen LogP contribution >= 0.6 is 0 Å². The summed E-state index contributed by atoms with van der Waals surface area (Å²) >= 11 is 0. The molecule has 3 N–H and O–H groups in total. The van der Waals surface area contributed by atoms with Gasteiger partial charge in [-0.15, -0.1) is 0 Å². The number of anilines is 2. The van der Waals surface area contributed by atoms with Gasteiger partial charge in [0.1, 0.15) is 17.9 Å². The third-order valence-corrected chi connectivity index (χ3v) is 5.49. The second kappa shape index (κ2) is 8.99. The zero-order valence-electron chi connectivity index (χ0n) is 17.1. The summed E-state index contributed by atoms with van der Waals surface area (Å²) in [6.45, 7) is 0.530. The van der Waals surface area contributed by atoms with Crippen molar-refractivity contribution in [3.05, 3.63) is 60.2 Å². The Balaban J connectivity index is 1.56. The van der Waals surface area contributed by atoms with Crippen molar-refractivity contribution in [2.24, 2.45) is 11.1 Å². The first-order valence-corrected chi connectivity index (χ1v) is 12.1. The Hall–Kier alpha value is -3.04. The van der Waals surface area contributed by atoms with Crippen molar-refractivity contribution in [3.63, 3.8) is 0 Å². The van der Waals surface area contributed by atoms with E-state index in [9.17, 15) is 8.60 Å². The Kier molecular flexibility index (Phi) is 6.15. The van der Waals surface area contributed by atoms with Crippen LogP contribution in [0.5, 0.6) is 5.75 Å². The average Bonchev–Trinajstić information content (AvgIpc) is 3.52. The van der Waals surface area contributed by atoms with Crippen molar-refractivity contribution in [2.75, 3.05) is 18.2 Å². The molecule has 1 aromatic heterocycles. The summed E-state index contributed by atoms with van der Waals surface area (Å²) in [4.78, 5) is 12.9. The number of benzene rings is 2. The van der Waals surface area contributed by atoms with E-state index in [1.54, 1.807) is 12.1 Å². The van der Waals surface area contributed by atoms with Crippen molar-refractivity contribution < 1.29 is 13.3 Å². The predicted octanol–water partition coefficient (Wildman–Crippen LogP) is 3.54. The Morgan fingerprint density at radius 1 is 1.26 bits per heavy atom. The number of nitrogens with two attached hydrogens (primary N) is 1. The lowest BCUT2D eigenvalue weighted by molar-refractivity contribution is 0.302. The smallest absolute Gasteiger partial charge is 0.230 e. The van der Waals surface area contributed by atoms with Gasteiger partial charge in [-0.3, -0.25) is 9.35 Å². The van der Waals surface area contributed by atoms with Crippen LogP contribution in [0.2, 0.25) is 0 Å². The number of aromatic nitrogens is 3. The molecule has 0 aliphatic heterocycles. The average molecular weight is 442 g/mol. The first kappa shape index (κ1) is 21.2. The largest absolute Gasteiger partial charge is 0.493 e. The summed E-state index contributed by atoms with van der Waals surface area (Å²) in [5, 5.41) is 10.2. The Morgan fingerprint density at radius 2 is 2.10 bits per heavy atom. The van der Waals surface area contributed by atoms with Gasteiger partial charge in [0.05, 0.1) is 12.2 Å². The zero-order chi connectivity index (χ0) is 21.8. The van der Waals surface area contributed by atoms with Gasteiger partial charge < -0.3 is 10.1 Å². The van der Waals surface area contributed by atoms with Gasteiger partial charge >= 0.3 is 0 Å². The maximum absolute atomic E-state index is 13.8. The SMILES string of the molecule is CS(N)(=O)=Cc1cccc(Nc2ncnc(-c3ccc(F)cc3OCCC3CC3)n2)c1. The second-order valence-corrected chi connectivity index (χ2v) is 9.86. The lowest BCUT2D eigenvalue weighted by atomic mass is 10.2. The number of halogens is 1. The minimum atomic E-state index is -2.52. The topological polar surface area (TPSA) is 103 Å². The maximum atomic E-state index is 13.8. The van der Waals surface area contributed by atoms with Gasteiger partial charge in [-0.2, -0.15) is 4.98 Å². The van der Waals surface area contributed by atoms with Crippen LogP contribution in [0.15, 0.2) is 48.8 Å². The summed E-state index contributed by atoms with van der Waals surface area (Å²) in [6, 6.07) is 11.6. The Bertz CT molecular complexity index is 1200. The summed E-state index contributed by atoms with van der Waals surface area (Å²) in [6.07, 6.45) is 6.29. The molecule has 0 saturated heterocycles. The third kappa shape index (κ3) is 6.22. The van der Waals surface area contributed by atoms with Gasteiger partial charge in [-0.25, -0.2) is 14.4 Å². The quantitative estimate of drug-likeness (QED) is 0.519. The van der Waals surface area contributed by atoms with Crippen LogP contribution in [0.1, 0.15) is 24.8 Å². The highest BCUT2D eigenvalue weighted by molar-refractivity contribution is 7.98. The van der Waals surface area contributed by atoms with E-state index in [1.165, 1.54) is 42.9 Å². The number of nitrogens with one attached hydrogen (secondary N) is 1. The van der Waals surface area contributed by atoms with Gasteiger partial charge in [0.15, 0.2) is 5.82 Å². The number of hydrogen-bond acceptors (Lipinski definition) is 6. The highest BCUT2D eigenvalue weighted by atomic mass is 32.2. The highest BCUT2D eigenvalue weighted by Gasteiger charge is 2.21. The van der Waals surface area contributed by atoms with Crippen LogP contribution in [0.4, 0.5) is 16.0 Å². The molecule has 3 aromatic rings. The summed E-state index contributed by atoms with van der Waals surface area (Å²) in [5.74, 6) is 1.45. The molecular weight excluding hydrogens is 417 g/mol. The van der Waals surface area contributed by atoms with Crippen LogP contribution in [0.3, 0.4) is 0 Å². The molecule has 162 valence electrons. The van der Waals surface area contributed by atoms with Crippen molar-refractivity contribution in [3.8, 4) is 17.1 Å². The first-order chi connectivity index (χ1) is 14.9. The van der Waals surface area contributed by atoms with Gasteiger partial charge in [-0.05, 0) is 42.2 Å². The van der Waals surface area contributed by atoms with Gasteiger partial charge in [-0.1, -0.05) is 25.0 Å². The minimum absolute atomic E-state index is 0.320. The molecule has 1 saturated carbocycles. The molecule has 0 spiro atoms. The van der Waals surface area contributed by atoms with E-state index in [0.29, 0.717) is 35.4 Å². The van der Waals surface area contributed by atoms with Gasteiger partial charge in [0.25, 0.3) is 0 Å². The predicted molar refractivity (Wildman–Crippen MR) is 121 cm³/mol. The van der Waals surface area contributed by atoms with Crippen LogP contribution in [0.25, 0.3) is 11.4 Å². The van der Waals surface area contributed by atoms with E-state index >= 15 is 0 Å². The molecule has 4 rings (SSSR count). The van der Waals surface area contributed by atoms with Crippen molar-refractivity contribution in [2.45, 2.75) is 19.3 Å². The molecule has 1 aliphatic carbocycles. The number of rotatable bonds is 8. The normalized spacial score (nSPS) is 15.2. The fourth-order valence-corrected chi connectivity index (χ4v) is 3.80. The van der Waals surface area contributed by atoms with Crippen LogP contribution in [0, 0.1) is 11.7 Å². The zero-order valence-corrected chi connectivity index (χ0v) is 17.9. The van der Waals surface area contributed by atoms with Gasteiger partial charge in [0.2, 0.25) is 5.95 Å². The maximum Gasteiger partial charge on any atom is 0.230 e. The molecule has 0 amide bonds. The van der Waals surface area contributed by atoms with E-state index in [4.69, 9.17) is 9.88 Å². The molecule has 9 heteroatoms. The molecule has 1 heterocycles. The number of nitrogens with zero attached hydrogens (tertiary/aromatic N) is 3. The van der Waals surface area contributed by atoms with E-state index in [-0.39, 0.29) is 5.82 Å². The van der Waals surface area contributed by atoms with E-state index in [1.807, 2.05) is 18.2 Å². The Morgan fingerprint density at radius 3 is 2.87 bits per heavy atom. The molecule has 1 atom stereocenters. The van der Waals surface area contributed by atoms with Crippen LogP contribution < -0.4 is 15.2 Å². The fraction of sp³-hybridized carbons (Fsp3) is 0.273. The monoisotopic (exact) mass is 441 g/mol. The van der Waals surface area contributed by atoms with Gasteiger partial charge in [0, 0.05) is 33.1 Å². The fourth-order valence-electron chi connectivity index (χ4n) is 3.12. The molecule has 0 radical (unpaired) electrons. The third-order valence-electron chi connectivity index (χ3n) is 4.75. The number of hydrogen-bond donors (Lipinski definition) is 2. The molecule has 1 aliphatic rings. The molecular formula is C22H24FN5O2S. The molecule has 31 heavy (non-hydrogen) atoms. The van der Waals surface area contributed by atoms with Crippen molar-refractivity contribution in [1.82, 2.24) is 15.0 Å². The Labute approximate surface area is 181 Å². The highest BCUT2D eigenvalue weighted by Crippen LogP contribution is 2.34. The summed E-state index contributed by atoms with van der Waals surface area (Å²) in [5.41, 5.74) is 2.02. The lowest BCUT2D eigenvalue weighted by Crippen LogP contribution is -2.13. The first-order valence-electron chi connectivity index (χ1n) is 9.96. The minimum Gasteiger partial charge on any atom is -0.493 e. The molecule has 7 nitrogen and oxygen atoms in total. The van der Waals surface area contributed by atoms with Crippen molar-refractivity contribution >= 4 is 26.7 Å². The standard InChI is InChI=1S/C22H24FN5O2S/c1-31(24,29)13-16-3-2-4-18(11-16)27-22-26-14-25-21(28-22)19-8-7-17(23)12-20(19)30-10-9-15-5-6-15/h2-4,7-8,11-15H,5-6,9-10H2,1H3,(H2,24,29)(H,25,26,27,28). The molecule has 1 unspecified atom stereocenters. The molecule has 2 aromatic carbocycles. The van der Waals surface area contributed by atoms with E-state index < -0.39 is 9.71 Å². The number of ether oxygens (including phenoxy) is 1. The molecule has 0 bridgehead atoms. The van der Waals surface area contributed by atoms with Crippen LogP contribution in [-0.4, -0.2) is 37.4 Å². The van der Waals surface area contributed by atoms with E-state index in [0.717, 1.165) is 17.9 Å². The van der Waals surface area contributed by atoms with Crippen LogP contribution in [-0.2, 0) is 9.71 Å².